The molecule has 0 spiro atoms. The average Bonchev–Trinajstić information content (AvgIpc) is 2.71. The van der Waals surface area contributed by atoms with Gasteiger partial charge in [-0.2, -0.15) is 0 Å². The van der Waals surface area contributed by atoms with Crippen molar-refractivity contribution in [2.45, 2.75) is 44.6 Å². The number of anilines is 1. The molecule has 1 aromatic rings. The van der Waals surface area contributed by atoms with Crippen molar-refractivity contribution in [3.63, 3.8) is 0 Å². The van der Waals surface area contributed by atoms with Gasteiger partial charge in [-0.25, -0.2) is 0 Å². The first-order chi connectivity index (χ1) is 9.63. The summed E-state index contributed by atoms with van der Waals surface area (Å²) in [4.78, 5) is 37.7. The van der Waals surface area contributed by atoms with E-state index in [2.05, 4.69) is 0 Å². The van der Waals surface area contributed by atoms with E-state index in [1.807, 2.05) is 31.2 Å². The van der Waals surface area contributed by atoms with Gasteiger partial charge in [0.15, 0.2) is 5.78 Å². The molecular formula is C16H17NO3. The highest BCUT2D eigenvalue weighted by atomic mass is 16.2. The van der Waals surface area contributed by atoms with Gasteiger partial charge in [0.25, 0.3) is 0 Å². The quantitative estimate of drug-likeness (QED) is 0.775. The molecule has 1 heterocycles. The van der Waals surface area contributed by atoms with E-state index in [0.717, 1.165) is 17.7 Å². The molecule has 4 heteroatoms. The molecule has 2 unspecified atom stereocenters. The van der Waals surface area contributed by atoms with Gasteiger partial charge in [-0.05, 0) is 24.5 Å². The zero-order valence-electron chi connectivity index (χ0n) is 11.5. The number of carbonyl (C=O) groups excluding carboxylic acids is 3. The molecule has 20 heavy (non-hydrogen) atoms. The summed E-state index contributed by atoms with van der Waals surface area (Å²) < 4.78 is 0. The van der Waals surface area contributed by atoms with Crippen LogP contribution in [-0.2, 0) is 14.4 Å². The van der Waals surface area contributed by atoms with Gasteiger partial charge in [-0.15, -0.1) is 0 Å². The highest BCUT2D eigenvalue weighted by Crippen LogP contribution is 2.41. The van der Waals surface area contributed by atoms with Crippen molar-refractivity contribution in [2.24, 2.45) is 0 Å². The molecule has 3 rings (SSSR count). The number of hydrogen-bond acceptors (Lipinski definition) is 3. The summed E-state index contributed by atoms with van der Waals surface area (Å²) >= 11 is 0. The van der Waals surface area contributed by atoms with Gasteiger partial charge < -0.3 is 4.90 Å². The number of fused-ring (bicyclic) bond motifs is 1. The number of ketones is 2. The summed E-state index contributed by atoms with van der Waals surface area (Å²) in [6, 6.07) is 7.20. The minimum absolute atomic E-state index is 0.00130. The summed E-state index contributed by atoms with van der Waals surface area (Å²) in [6.07, 6.45) is 1.53. The molecule has 1 saturated carbocycles. The molecule has 4 nitrogen and oxygen atoms in total. The van der Waals surface area contributed by atoms with Gasteiger partial charge in [0, 0.05) is 12.1 Å². The highest BCUT2D eigenvalue weighted by Gasteiger charge is 2.43. The van der Waals surface area contributed by atoms with Crippen molar-refractivity contribution in [1.82, 2.24) is 0 Å². The molecule has 0 aromatic heterocycles. The third-order valence-electron chi connectivity index (χ3n) is 4.27. The van der Waals surface area contributed by atoms with Crippen LogP contribution in [0.4, 0.5) is 5.69 Å². The van der Waals surface area contributed by atoms with Crippen LogP contribution >= 0.6 is 0 Å². The van der Waals surface area contributed by atoms with E-state index >= 15 is 0 Å². The fraction of sp³-hybridized carbons (Fsp3) is 0.438. The maximum atomic E-state index is 12.6. The summed E-state index contributed by atoms with van der Waals surface area (Å²) in [7, 11) is 0. The van der Waals surface area contributed by atoms with Crippen LogP contribution in [-0.4, -0.2) is 23.5 Å². The molecule has 0 bridgehead atoms. The second-order valence-corrected chi connectivity index (χ2v) is 5.46. The highest BCUT2D eigenvalue weighted by molar-refractivity contribution is 6.13. The summed E-state index contributed by atoms with van der Waals surface area (Å²) in [5.41, 5.74) is 1.85. The summed E-state index contributed by atoms with van der Waals surface area (Å²) in [6.45, 7) is 1.98. The molecule has 0 saturated heterocycles. The molecule has 2 aliphatic rings. The molecular weight excluding hydrogens is 254 g/mol. The molecule has 1 aliphatic heterocycles. The Morgan fingerprint density at radius 1 is 1.20 bits per heavy atom. The number of nitrogens with zero attached hydrogens (tertiary/aromatic N) is 1. The number of rotatable bonds is 2. The fourth-order valence-corrected chi connectivity index (χ4v) is 3.27. The predicted molar refractivity (Wildman–Crippen MR) is 74.6 cm³/mol. The van der Waals surface area contributed by atoms with Crippen molar-refractivity contribution < 1.29 is 14.4 Å². The van der Waals surface area contributed by atoms with E-state index in [4.69, 9.17) is 0 Å². The van der Waals surface area contributed by atoms with Gasteiger partial charge in [-0.3, -0.25) is 14.4 Å². The zero-order chi connectivity index (χ0) is 14.3. The van der Waals surface area contributed by atoms with Gasteiger partial charge in [0.2, 0.25) is 5.91 Å². The second-order valence-electron chi connectivity index (χ2n) is 5.46. The van der Waals surface area contributed by atoms with Crippen molar-refractivity contribution in [2.75, 3.05) is 4.90 Å². The fourth-order valence-electron chi connectivity index (χ4n) is 3.27. The number of Topliss-reactive ketones (excluding diaryl/α,β-unsaturated/α-hetero) is 2. The minimum atomic E-state index is -0.460. The minimum Gasteiger partial charge on any atom is -0.301 e. The lowest BCUT2D eigenvalue weighted by molar-refractivity contribution is -0.132. The van der Waals surface area contributed by atoms with Crippen LogP contribution in [0.3, 0.4) is 0 Å². The first kappa shape index (κ1) is 13.0. The van der Waals surface area contributed by atoms with Gasteiger partial charge in [0.05, 0.1) is 18.4 Å². The smallest absolute Gasteiger partial charge is 0.235 e. The Labute approximate surface area is 117 Å². The molecule has 1 amide bonds. The third kappa shape index (κ3) is 1.87. The van der Waals surface area contributed by atoms with Crippen molar-refractivity contribution in [3.8, 4) is 0 Å². The lowest BCUT2D eigenvalue weighted by atomic mass is 9.91. The first-order valence-corrected chi connectivity index (χ1v) is 7.10. The van der Waals surface area contributed by atoms with E-state index < -0.39 is 6.04 Å². The molecule has 1 aromatic carbocycles. The standard InChI is InChI=1S/C16H17NO3/c1-2-11-12-5-3-4-6-13(12)17(16(11)20)14-8-7-10(18)9-15(14)19/h3-6,11,14H,2,7-9H2,1H3. The van der Waals surface area contributed by atoms with E-state index in [0.29, 0.717) is 12.8 Å². The van der Waals surface area contributed by atoms with Crippen LogP contribution < -0.4 is 4.90 Å². The Bertz CT molecular complexity index is 593. The topological polar surface area (TPSA) is 54.5 Å². The predicted octanol–water partition coefficient (Wildman–Crippen LogP) is 2.22. The largest absolute Gasteiger partial charge is 0.301 e. The lowest BCUT2D eigenvalue weighted by Crippen LogP contribution is -2.47. The Balaban J connectivity index is 2.00. The SMILES string of the molecule is CCC1C(=O)N(C2CCC(=O)CC2=O)c2ccccc21. The Kier molecular flexibility index (Phi) is 3.16. The molecule has 1 fully saturated rings. The molecule has 1 aliphatic carbocycles. The number of amides is 1. The maximum absolute atomic E-state index is 12.6. The lowest BCUT2D eigenvalue weighted by Gasteiger charge is -2.30. The van der Waals surface area contributed by atoms with Crippen LogP contribution in [0.25, 0.3) is 0 Å². The van der Waals surface area contributed by atoms with Gasteiger partial charge in [0.1, 0.15) is 5.78 Å². The van der Waals surface area contributed by atoms with Crippen LogP contribution in [0.2, 0.25) is 0 Å². The Morgan fingerprint density at radius 2 is 1.95 bits per heavy atom. The number of para-hydroxylation sites is 1. The number of benzene rings is 1. The molecule has 2 atom stereocenters. The van der Waals surface area contributed by atoms with E-state index in [-0.39, 0.29) is 29.8 Å². The number of carbonyl (C=O) groups is 3. The maximum Gasteiger partial charge on any atom is 0.235 e. The average molecular weight is 271 g/mol. The summed E-state index contributed by atoms with van der Waals surface area (Å²) in [5.74, 6) is -0.294. The van der Waals surface area contributed by atoms with Crippen LogP contribution in [0.1, 0.15) is 44.1 Å². The van der Waals surface area contributed by atoms with Gasteiger partial charge in [-0.1, -0.05) is 25.1 Å². The van der Waals surface area contributed by atoms with Gasteiger partial charge >= 0.3 is 0 Å². The number of hydrogen-bond donors (Lipinski definition) is 0. The second kappa shape index (κ2) is 4.85. The van der Waals surface area contributed by atoms with Crippen molar-refractivity contribution >= 4 is 23.2 Å². The Morgan fingerprint density at radius 3 is 2.65 bits per heavy atom. The van der Waals surface area contributed by atoms with Crippen LogP contribution in [0.5, 0.6) is 0 Å². The third-order valence-corrected chi connectivity index (χ3v) is 4.27. The van der Waals surface area contributed by atoms with Crippen molar-refractivity contribution in [3.05, 3.63) is 29.8 Å². The first-order valence-electron chi connectivity index (χ1n) is 7.10. The van der Waals surface area contributed by atoms with E-state index in [9.17, 15) is 14.4 Å². The van der Waals surface area contributed by atoms with Crippen LogP contribution in [0, 0.1) is 0 Å². The van der Waals surface area contributed by atoms with E-state index in [1.54, 1.807) is 4.90 Å². The monoisotopic (exact) mass is 271 g/mol. The van der Waals surface area contributed by atoms with Crippen molar-refractivity contribution in [1.29, 1.82) is 0 Å². The normalized spacial score (nSPS) is 26.1. The van der Waals surface area contributed by atoms with E-state index in [1.165, 1.54) is 0 Å². The molecule has 0 N–H and O–H groups in total. The molecule has 104 valence electrons. The van der Waals surface area contributed by atoms with Crippen LogP contribution in [0.15, 0.2) is 24.3 Å². The Hall–Kier alpha value is -1.97. The zero-order valence-corrected chi connectivity index (χ0v) is 11.5. The molecule has 0 radical (unpaired) electrons. The summed E-state index contributed by atoms with van der Waals surface area (Å²) in [5, 5.41) is 0.